The second-order valence-electron chi connectivity index (χ2n) is 7.32. The minimum atomic E-state index is -0.991. The number of thiophene rings is 1. The molecule has 32 heavy (non-hydrogen) atoms. The lowest BCUT2D eigenvalue weighted by Gasteiger charge is -2.24. The molecular weight excluding hydrogens is 451 g/mol. The Morgan fingerprint density at radius 2 is 2.00 bits per heavy atom. The number of carboxylic acids is 1. The molecule has 1 aromatic carbocycles. The van der Waals surface area contributed by atoms with E-state index in [9.17, 15) is 14.3 Å². The van der Waals surface area contributed by atoms with Gasteiger partial charge in [-0.15, -0.1) is 11.3 Å². The quantitative estimate of drug-likeness (QED) is 0.384. The van der Waals surface area contributed by atoms with E-state index in [4.69, 9.17) is 4.74 Å². The van der Waals surface area contributed by atoms with Gasteiger partial charge in [-0.2, -0.15) is 0 Å². The molecule has 1 saturated carbocycles. The first-order valence-corrected chi connectivity index (χ1v) is 12.4. The van der Waals surface area contributed by atoms with Crippen LogP contribution in [0.4, 0.5) is 15.9 Å². The van der Waals surface area contributed by atoms with Gasteiger partial charge in [0.25, 0.3) is 0 Å². The van der Waals surface area contributed by atoms with E-state index in [1.165, 1.54) is 24.9 Å². The monoisotopic (exact) mass is 478 g/mol. The summed E-state index contributed by atoms with van der Waals surface area (Å²) in [5.74, 6) is -0.449. The number of anilines is 2. The summed E-state index contributed by atoms with van der Waals surface area (Å²) in [6, 6.07) is 4.34. The smallest absolute Gasteiger partial charge is 0.346 e. The number of hydrogen-bond acceptors (Lipinski definition) is 8. The highest BCUT2D eigenvalue weighted by Gasteiger charge is 2.21. The maximum absolute atomic E-state index is 13.9. The Labute approximate surface area is 194 Å². The Morgan fingerprint density at radius 3 is 2.66 bits per heavy atom. The number of hydrogen-bond donors (Lipinski definition) is 3. The van der Waals surface area contributed by atoms with Crippen molar-refractivity contribution in [2.45, 2.75) is 45.1 Å². The molecule has 0 saturated heterocycles. The van der Waals surface area contributed by atoms with Gasteiger partial charge in [0.15, 0.2) is 0 Å². The lowest BCUT2D eigenvalue weighted by molar-refractivity contribution is 0.0701. The Kier molecular flexibility index (Phi) is 8.66. The third-order valence-electron chi connectivity index (χ3n) is 5.17. The van der Waals surface area contributed by atoms with Crippen LogP contribution >= 0.6 is 23.3 Å². The van der Waals surface area contributed by atoms with Gasteiger partial charge in [-0.3, -0.25) is 4.72 Å². The van der Waals surface area contributed by atoms with Crippen molar-refractivity contribution in [3.05, 3.63) is 40.8 Å². The summed E-state index contributed by atoms with van der Waals surface area (Å²) in [5.41, 5.74) is 1.20. The van der Waals surface area contributed by atoms with Crippen molar-refractivity contribution in [3.8, 4) is 5.75 Å². The van der Waals surface area contributed by atoms with Crippen molar-refractivity contribution in [1.82, 2.24) is 14.7 Å². The molecule has 10 heteroatoms. The first-order valence-electron chi connectivity index (χ1n) is 10.3. The topological polar surface area (TPSA) is 96.4 Å². The van der Waals surface area contributed by atoms with Crippen molar-refractivity contribution in [2.24, 2.45) is 0 Å². The standard InChI is InChI=1S/C20H20FN3O3S.C2H7NS/c1-11-16-18(22-10-23-19(16)28-17(11)20(25)26)24-14-8-7-12(21)9-15(14)27-13-5-3-2-4-6-13;1-3-4-2/h7-10,13H,2-6H2,1H3,(H,25,26)(H,22,23,24);3H,1-2H3. The number of aromatic carboxylic acids is 1. The van der Waals surface area contributed by atoms with Crippen molar-refractivity contribution in [2.75, 3.05) is 18.6 Å². The van der Waals surface area contributed by atoms with Crippen LogP contribution < -0.4 is 14.8 Å². The normalized spacial score (nSPS) is 14.0. The second-order valence-corrected chi connectivity index (χ2v) is 9.13. The number of halogens is 1. The van der Waals surface area contributed by atoms with Gasteiger partial charge in [-0.25, -0.2) is 19.2 Å². The SMILES string of the molecule is CNSC.Cc1c(C(=O)O)sc2ncnc(Nc3ccc(F)cc3OC3CCCCC3)c12. The summed E-state index contributed by atoms with van der Waals surface area (Å²) in [6.07, 6.45) is 8.79. The molecule has 0 atom stereocenters. The number of carboxylic acid groups (broad SMARTS) is 1. The molecular formula is C22H27FN4O3S2. The van der Waals surface area contributed by atoms with Crippen LogP contribution in [0.2, 0.25) is 0 Å². The van der Waals surface area contributed by atoms with Gasteiger partial charge in [-0.1, -0.05) is 18.4 Å². The Balaban J connectivity index is 0.000000668. The van der Waals surface area contributed by atoms with Gasteiger partial charge in [0.05, 0.1) is 17.2 Å². The van der Waals surface area contributed by atoms with Gasteiger partial charge in [0, 0.05) is 6.07 Å². The largest absolute Gasteiger partial charge is 0.488 e. The van der Waals surface area contributed by atoms with Gasteiger partial charge >= 0.3 is 5.97 Å². The van der Waals surface area contributed by atoms with Crippen LogP contribution in [0.15, 0.2) is 24.5 Å². The fraction of sp³-hybridized carbons (Fsp3) is 0.409. The summed E-state index contributed by atoms with van der Waals surface area (Å²) < 4.78 is 22.8. The van der Waals surface area contributed by atoms with Crippen molar-refractivity contribution < 1.29 is 19.0 Å². The summed E-state index contributed by atoms with van der Waals surface area (Å²) in [7, 11) is 1.89. The summed E-state index contributed by atoms with van der Waals surface area (Å²) >= 11 is 2.72. The molecule has 0 aliphatic heterocycles. The molecule has 2 aromatic heterocycles. The molecule has 1 aliphatic carbocycles. The second kappa shape index (κ2) is 11.4. The minimum absolute atomic E-state index is 0.0722. The van der Waals surface area contributed by atoms with Gasteiger partial charge in [0.2, 0.25) is 0 Å². The number of rotatable bonds is 6. The van der Waals surface area contributed by atoms with E-state index in [-0.39, 0.29) is 16.8 Å². The van der Waals surface area contributed by atoms with Crippen molar-refractivity contribution >= 4 is 51.0 Å². The summed E-state index contributed by atoms with van der Waals surface area (Å²) in [5, 5.41) is 13.2. The summed E-state index contributed by atoms with van der Waals surface area (Å²) in [4.78, 5) is 20.8. The van der Waals surface area contributed by atoms with Gasteiger partial charge in [0.1, 0.15) is 33.4 Å². The van der Waals surface area contributed by atoms with E-state index < -0.39 is 5.97 Å². The highest BCUT2D eigenvalue weighted by atomic mass is 32.2. The average molecular weight is 479 g/mol. The number of carbonyl (C=O) groups is 1. The average Bonchev–Trinajstić information content (AvgIpc) is 3.14. The van der Waals surface area contributed by atoms with E-state index in [0.29, 0.717) is 33.0 Å². The molecule has 7 nitrogen and oxygen atoms in total. The van der Waals surface area contributed by atoms with E-state index in [2.05, 4.69) is 20.0 Å². The fourth-order valence-corrected chi connectivity index (χ4v) is 4.54. The number of aryl methyl sites for hydroxylation is 1. The Morgan fingerprint density at radius 1 is 1.28 bits per heavy atom. The maximum atomic E-state index is 13.9. The molecule has 2 heterocycles. The zero-order valence-corrected chi connectivity index (χ0v) is 19.9. The molecule has 0 amide bonds. The molecule has 0 unspecified atom stereocenters. The zero-order chi connectivity index (χ0) is 23.1. The molecule has 172 valence electrons. The van der Waals surface area contributed by atoms with Crippen LogP contribution in [-0.4, -0.2) is 40.5 Å². The van der Waals surface area contributed by atoms with Crippen LogP contribution in [-0.2, 0) is 0 Å². The van der Waals surface area contributed by atoms with Crippen LogP contribution in [0.25, 0.3) is 10.2 Å². The zero-order valence-electron chi connectivity index (χ0n) is 18.3. The van der Waals surface area contributed by atoms with Crippen molar-refractivity contribution in [3.63, 3.8) is 0 Å². The molecule has 4 rings (SSSR count). The Bertz CT molecular complexity index is 1070. The third-order valence-corrected chi connectivity index (χ3v) is 6.76. The highest BCUT2D eigenvalue weighted by molar-refractivity contribution is 7.96. The first kappa shape index (κ1) is 24.2. The van der Waals surface area contributed by atoms with Crippen LogP contribution in [0.3, 0.4) is 0 Å². The molecule has 1 fully saturated rings. The minimum Gasteiger partial charge on any atom is -0.488 e. The molecule has 1 aliphatic rings. The maximum Gasteiger partial charge on any atom is 0.346 e. The van der Waals surface area contributed by atoms with E-state index in [1.54, 1.807) is 24.9 Å². The first-order chi connectivity index (χ1) is 15.4. The number of nitrogens with zero attached hydrogens (tertiary/aromatic N) is 2. The summed E-state index contributed by atoms with van der Waals surface area (Å²) in [6.45, 7) is 1.74. The van der Waals surface area contributed by atoms with Gasteiger partial charge < -0.3 is 15.2 Å². The molecule has 3 aromatic rings. The number of benzene rings is 1. The lowest BCUT2D eigenvalue weighted by Crippen LogP contribution is -2.20. The number of fused-ring (bicyclic) bond motifs is 1. The predicted octanol–water partition coefficient (Wildman–Crippen LogP) is 5.78. The number of nitrogens with one attached hydrogen (secondary N) is 2. The molecule has 0 radical (unpaired) electrons. The molecule has 0 bridgehead atoms. The fourth-order valence-electron chi connectivity index (χ4n) is 3.56. The van der Waals surface area contributed by atoms with E-state index in [0.717, 1.165) is 37.0 Å². The van der Waals surface area contributed by atoms with E-state index in [1.807, 2.05) is 13.3 Å². The van der Waals surface area contributed by atoms with E-state index >= 15 is 0 Å². The van der Waals surface area contributed by atoms with Crippen LogP contribution in [0, 0.1) is 12.7 Å². The van der Waals surface area contributed by atoms with Crippen LogP contribution in [0.1, 0.15) is 47.3 Å². The Hall–Kier alpha value is -2.43. The lowest BCUT2D eigenvalue weighted by atomic mass is 9.98. The number of aromatic nitrogens is 2. The third kappa shape index (κ3) is 5.87. The molecule has 3 N–H and O–H groups in total. The molecule has 0 spiro atoms. The number of ether oxygens (including phenoxy) is 1. The van der Waals surface area contributed by atoms with Gasteiger partial charge in [-0.05, 0) is 63.6 Å². The highest BCUT2D eigenvalue weighted by Crippen LogP contribution is 2.37. The predicted molar refractivity (Wildman–Crippen MR) is 129 cm³/mol. The van der Waals surface area contributed by atoms with Crippen molar-refractivity contribution in [1.29, 1.82) is 0 Å². The van der Waals surface area contributed by atoms with Crippen LogP contribution in [0.5, 0.6) is 5.75 Å².